The lowest BCUT2D eigenvalue weighted by atomic mass is 10.2. The number of nitrogens with zero attached hydrogens (tertiary/aromatic N) is 1. The van der Waals surface area contributed by atoms with Crippen molar-refractivity contribution >= 4 is 22.2 Å². The topological polar surface area (TPSA) is 72.2 Å². The van der Waals surface area contributed by atoms with Gasteiger partial charge in [0, 0.05) is 40.6 Å². The van der Waals surface area contributed by atoms with Gasteiger partial charge >= 0.3 is 0 Å². The Balaban J connectivity index is 2.72. The van der Waals surface area contributed by atoms with E-state index in [0.717, 1.165) is 6.07 Å². The molecule has 0 saturated heterocycles. The van der Waals surface area contributed by atoms with Crippen LogP contribution in [0.15, 0.2) is 18.2 Å². The number of hydrogen-bond acceptors (Lipinski definition) is 4. The molecule has 1 aromatic rings. The summed E-state index contributed by atoms with van der Waals surface area (Å²) >= 11 is 0. The number of halogens is 1. The predicted molar refractivity (Wildman–Crippen MR) is 69.7 cm³/mol. The van der Waals surface area contributed by atoms with E-state index < -0.39 is 21.5 Å². The van der Waals surface area contributed by atoms with Crippen molar-refractivity contribution in [2.45, 2.75) is 19.4 Å². The van der Waals surface area contributed by atoms with Gasteiger partial charge in [0.15, 0.2) is 0 Å². The maximum absolute atomic E-state index is 13.2. The van der Waals surface area contributed by atoms with E-state index in [2.05, 4.69) is 5.32 Å². The van der Waals surface area contributed by atoms with E-state index in [1.807, 2.05) is 6.92 Å². The first-order valence-corrected chi connectivity index (χ1v) is 7.12. The highest BCUT2D eigenvalue weighted by atomic mass is 32.2. The molecule has 1 N–H and O–H groups in total. The fraction of sp³-hybridized carbons (Fsp3) is 0.455. The largest absolute Gasteiger partial charge is 0.382 e. The van der Waals surface area contributed by atoms with Gasteiger partial charge in [0.2, 0.25) is 0 Å². The molecule has 0 amide bonds. The Morgan fingerprint density at radius 3 is 2.72 bits per heavy atom. The third kappa shape index (κ3) is 4.79. The molecule has 1 aromatic carbocycles. The molecule has 0 fully saturated rings. The number of hydrogen-bond donors (Lipinski definition) is 1. The third-order valence-corrected chi connectivity index (χ3v) is 3.16. The minimum absolute atomic E-state index is 0.0321. The van der Waals surface area contributed by atoms with Crippen LogP contribution in [0.4, 0.5) is 15.8 Å². The van der Waals surface area contributed by atoms with Gasteiger partial charge in [0.1, 0.15) is 5.82 Å². The molecule has 2 unspecified atom stereocenters. The van der Waals surface area contributed by atoms with Gasteiger partial charge in [-0.15, -0.1) is 0 Å². The Hall–Kier alpha value is -1.50. The molecule has 18 heavy (non-hydrogen) atoms. The monoisotopic (exact) mass is 274 g/mol. The highest BCUT2D eigenvalue weighted by Gasteiger charge is 2.11. The quantitative estimate of drug-likeness (QED) is 0.638. The summed E-state index contributed by atoms with van der Waals surface area (Å²) < 4.78 is 24.1. The van der Waals surface area contributed by atoms with Crippen LogP contribution in [0.3, 0.4) is 0 Å². The summed E-state index contributed by atoms with van der Waals surface area (Å²) in [5.41, 5.74) is 0.0693. The van der Waals surface area contributed by atoms with Crippen LogP contribution in [0, 0.1) is 15.9 Å². The lowest BCUT2D eigenvalue weighted by molar-refractivity contribution is -0.385. The molecule has 0 aromatic heterocycles. The molecule has 0 saturated carbocycles. The van der Waals surface area contributed by atoms with E-state index in [4.69, 9.17) is 0 Å². The summed E-state index contributed by atoms with van der Waals surface area (Å²) in [5, 5.41) is 13.5. The average molecular weight is 274 g/mol. The summed E-state index contributed by atoms with van der Waals surface area (Å²) in [6.45, 7) is 1.85. The second-order valence-electron chi connectivity index (χ2n) is 4.07. The van der Waals surface area contributed by atoms with Crippen molar-refractivity contribution in [3.63, 3.8) is 0 Å². The number of nitro groups is 1. The zero-order chi connectivity index (χ0) is 13.7. The minimum Gasteiger partial charge on any atom is -0.382 e. The Kier molecular flexibility index (Phi) is 5.21. The van der Waals surface area contributed by atoms with Gasteiger partial charge in [-0.2, -0.15) is 0 Å². The summed E-state index contributed by atoms with van der Waals surface area (Å²) in [6.07, 6.45) is 2.26. The van der Waals surface area contributed by atoms with Gasteiger partial charge in [-0.25, -0.2) is 4.39 Å². The summed E-state index contributed by atoms with van der Waals surface area (Å²) in [7, 11) is -0.883. The van der Waals surface area contributed by atoms with Crippen LogP contribution in [0.2, 0.25) is 0 Å². The molecule has 0 aliphatic heterocycles. The van der Waals surface area contributed by atoms with Gasteiger partial charge in [0.25, 0.3) is 5.69 Å². The van der Waals surface area contributed by atoms with Crippen LogP contribution in [0.5, 0.6) is 0 Å². The first kappa shape index (κ1) is 14.6. The van der Waals surface area contributed by atoms with Crippen LogP contribution in [0.1, 0.15) is 13.3 Å². The fourth-order valence-corrected chi connectivity index (χ4v) is 2.15. The SMILES string of the molecule is CC(CCS(C)=O)Nc1cc(F)cc([N+](=O)[O-])c1. The molecule has 0 radical (unpaired) electrons. The van der Waals surface area contributed by atoms with Crippen molar-refractivity contribution in [2.24, 2.45) is 0 Å². The van der Waals surface area contributed by atoms with Gasteiger partial charge in [-0.1, -0.05) is 0 Å². The fourth-order valence-electron chi connectivity index (χ4n) is 1.46. The van der Waals surface area contributed by atoms with Crippen molar-refractivity contribution < 1.29 is 13.5 Å². The maximum Gasteiger partial charge on any atom is 0.274 e. The van der Waals surface area contributed by atoms with Crippen LogP contribution >= 0.6 is 0 Å². The van der Waals surface area contributed by atoms with Crippen LogP contribution in [-0.4, -0.2) is 27.2 Å². The molecule has 0 aliphatic rings. The average Bonchev–Trinajstić information content (AvgIpc) is 2.25. The van der Waals surface area contributed by atoms with Crippen molar-refractivity contribution in [1.29, 1.82) is 0 Å². The maximum atomic E-state index is 13.2. The van der Waals surface area contributed by atoms with Gasteiger partial charge < -0.3 is 5.32 Å². The predicted octanol–water partition coefficient (Wildman–Crippen LogP) is 2.30. The van der Waals surface area contributed by atoms with Crippen LogP contribution in [-0.2, 0) is 10.8 Å². The number of nitro benzene ring substituents is 1. The Morgan fingerprint density at radius 1 is 1.50 bits per heavy atom. The van der Waals surface area contributed by atoms with E-state index in [0.29, 0.717) is 17.9 Å². The Morgan fingerprint density at radius 2 is 2.17 bits per heavy atom. The molecule has 0 spiro atoms. The molecule has 2 atom stereocenters. The third-order valence-electron chi connectivity index (χ3n) is 2.34. The minimum atomic E-state index is -0.883. The first-order chi connectivity index (χ1) is 8.38. The highest BCUT2D eigenvalue weighted by molar-refractivity contribution is 7.84. The van der Waals surface area contributed by atoms with E-state index >= 15 is 0 Å². The molecule has 7 heteroatoms. The van der Waals surface area contributed by atoms with Crippen molar-refractivity contribution in [1.82, 2.24) is 0 Å². The number of benzene rings is 1. The standard InChI is InChI=1S/C11H15FN2O3S/c1-8(3-4-18(2)17)13-10-5-9(12)6-11(7-10)14(15)16/h5-8,13H,3-4H2,1-2H3. The summed E-state index contributed by atoms with van der Waals surface area (Å²) in [5.74, 6) is -0.121. The molecule has 1 rings (SSSR count). The molecular formula is C11H15FN2O3S. The lowest BCUT2D eigenvalue weighted by Crippen LogP contribution is -2.18. The normalized spacial score (nSPS) is 13.9. The molecule has 0 heterocycles. The second-order valence-corrected chi connectivity index (χ2v) is 5.62. The zero-order valence-electron chi connectivity index (χ0n) is 10.2. The second kappa shape index (κ2) is 6.44. The molecule has 0 aliphatic carbocycles. The number of nitrogens with one attached hydrogen (secondary N) is 1. The molecule has 0 bridgehead atoms. The van der Waals surface area contributed by atoms with E-state index in [1.54, 1.807) is 6.26 Å². The summed E-state index contributed by atoms with van der Waals surface area (Å²) in [6, 6.07) is 3.32. The Labute approximate surface area is 107 Å². The van der Waals surface area contributed by atoms with E-state index in [9.17, 15) is 18.7 Å². The molecule has 5 nitrogen and oxygen atoms in total. The van der Waals surface area contributed by atoms with Crippen LogP contribution < -0.4 is 5.32 Å². The zero-order valence-corrected chi connectivity index (χ0v) is 11.0. The molecule has 100 valence electrons. The van der Waals surface area contributed by atoms with Gasteiger partial charge in [-0.05, 0) is 19.4 Å². The Bertz CT molecular complexity index is 468. The molecular weight excluding hydrogens is 259 g/mol. The number of anilines is 1. The van der Waals surface area contributed by atoms with E-state index in [1.165, 1.54) is 12.1 Å². The smallest absolute Gasteiger partial charge is 0.274 e. The highest BCUT2D eigenvalue weighted by Crippen LogP contribution is 2.20. The van der Waals surface area contributed by atoms with Crippen molar-refractivity contribution in [2.75, 3.05) is 17.3 Å². The van der Waals surface area contributed by atoms with Crippen molar-refractivity contribution in [3.05, 3.63) is 34.1 Å². The van der Waals surface area contributed by atoms with Crippen molar-refractivity contribution in [3.8, 4) is 0 Å². The lowest BCUT2D eigenvalue weighted by Gasteiger charge is -2.14. The summed E-state index contributed by atoms with van der Waals surface area (Å²) in [4.78, 5) is 9.94. The van der Waals surface area contributed by atoms with E-state index in [-0.39, 0.29) is 11.7 Å². The van der Waals surface area contributed by atoms with Gasteiger partial charge in [0.05, 0.1) is 11.0 Å². The first-order valence-electron chi connectivity index (χ1n) is 5.40. The number of rotatable bonds is 6. The number of non-ortho nitro benzene ring substituents is 1. The van der Waals surface area contributed by atoms with Crippen LogP contribution in [0.25, 0.3) is 0 Å². The van der Waals surface area contributed by atoms with Gasteiger partial charge in [-0.3, -0.25) is 14.3 Å².